The van der Waals surface area contributed by atoms with Crippen LogP contribution in [0.25, 0.3) is 37.8 Å². The molecule has 0 radical (unpaired) electrons. The van der Waals surface area contributed by atoms with Crippen LogP contribution < -0.4 is 9.47 Å². The number of fused-ring (bicyclic) bond motifs is 6. The molecule has 6 aromatic rings. The number of rotatable bonds is 8. The van der Waals surface area contributed by atoms with Crippen LogP contribution in [0.5, 0.6) is 0 Å². The van der Waals surface area contributed by atoms with Crippen LogP contribution in [0.2, 0.25) is 0 Å². The Bertz CT molecular complexity index is 2200. The monoisotopic (exact) mass is 634 g/mol. The Hall–Kier alpha value is -3.95. The maximum atomic E-state index is 11.5. The fourth-order valence-corrected chi connectivity index (χ4v) is 8.73. The maximum absolute atomic E-state index is 11.5. The largest absolute Gasteiger partial charge is 0.748 e. The Balaban J connectivity index is 1.37. The van der Waals surface area contributed by atoms with Gasteiger partial charge in [0.15, 0.2) is 6.54 Å². The van der Waals surface area contributed by atoms with Gasteiger partial charge < -0.3 is 9.45 Å². The molecule has 1 aromatic heterocycles. The molecule has 0 aliphatic carbocycles. The van der Waals surface area contributed by atoms with E-state index >= 15 is 0 Å². The normalized spacial score (nSPS) is 14.7. The fourth-order valence-electron chi connectivity index (χ4n) is 5.91. The molecule has 0 unspecified atom stereocenters. The molecule has 0 fully saturated rings. The Morgan fingerprint density at radius 3 is 2.30 bits per heavy atom. The number of thiazole rings is 1. The van der Waals surface area contributed by atoms with E-state index in [9.17, 15) is 13.0 Å². The highest BCUT2D eigenvalue weighted by Crippen LogP contribution is 2.53. The van der Waals surface area contributed by atoms with Gasteiger partial charge in [0.2, 0.25) is 5.52 Å². The van der Waals surface area contributed by atoms with Gasteiger partial charge in [-0.1, -0.05) is 103 Å². The Kier molecular flexibility index (Phi) is 7.76. The first-order valence-corrected chi connectivity index (χ1v) is 17.9. The maximum Gasteiger partial charge on any atom is 0.263 e. The zero-order valence-corrected chi connectivity index (χ0v) is 26.6. The summed E-state index contributed by atoms with van der Waals surface area (Å²) in [6, 6.07) is 35.9. The van der Waals surface area contributed by atoms with Gasteiger partial charge in [-0.05, 0) is 59.2 Å². The van der Waals surface area contributed by atoms with E-state index in [1.165, 1.54) is 21.4 Å². The Morgan fingerprint density at radius 1 is 0.864 bits per heavy atom. The summed E-state index contributed by atoms with van der Waals surface area (Å²) in [6.45, 7) is 2.60. The average molecular weight is 635 g/mol. The van der Waals surface area contributed by atoms with Crippen molar-refractivity contribution in [1.29, 1.82) is 0 Å². The molecule has 1 aliphatic rings. The lowest BCUT2D eigenvalue weighted by Crippen LogP contribution is -2.36. The summed E-state index contributed by atoms with van der Waals surface area (Å²) in [5.41, 5.74) is 4.54. The first-order chi connectivity index (χ1) is 21.4. The van der Waals surface area contributed by atoms with E-state index in [-0.39, 0.29) is 12.2 Å². The van der Waals surface area contributed by atoms with Crippen molar-refractivity contribution in [3.05, 3.63) is 125 Å². The molecule has 8 heteroatoms. The van der Waals surface area contributed by atoms with Crippen LogP contribution in [-0.4, -0.2) is 18.7 Å². The number of aromatic nitrogens is 1. The van der Waals surface area contributed by atoms with Crippen molar-refractivity contribution in [2.75, 3.05) is 10.7 Å². The molecule has 2 heterocycles. The lowest BCUT2D eigenvalue weighted by Gasteiger charge is -2.22. The van der Waals surface area contributed by atoms with Crippen LogP contribution in [0.3, 0.4) is 0 Å². The molecule has 1 aliphatic heterocycles. The number of nitrogens with zero attached hydrogens (tertiary/aromatic N) is 2. The van der Waals surface area contributed by atoms with Gasteiger partial charge in [0.1, 0.15) is 4.70 Å². The van der Waals surface area contributed by atoms with Crippen molar-refractivity contribution < 1.29 is 17.5 Å². The fraction of sp³-hybridized carbons (Fsp3) is 0.139. The third-order valence-corrected chi connectivity index (χ3v) is 10.9. The van der Waals surface area contributed by atoms with Gasteiger partial charge in [-0.3, -0.25) is 0 Å². The number of anilines is 2. The van der Waals surface area contributed by atoms with Crippen molar-refractivity contribution in [3.8, 4) is 0 Å². The summed E-state index contributed by atoms with van der Waals surface area (Å²) in [5.74, 6) is -0.384. The van der Waals surface area contributed by atoms with Gasteiger partial charge in [0, 0.05) is 34.2 Å². The average Bonchev–Trinajstić information content (AvgIpc) is 3.58. The van der Waals surface area contributed by atoms with E-state index < -0.39 is 10.1 Å². The van der Waals surface area contributed by atoms with Gasteiger partial charge in [-0.25, -0.2) is 8.42 Å². The zero-order chi connectivity index (χ0) is 30.3. The van der Waals surface area contributed by atoms with Crippen LogP contribution in [0, 0.1) is 0 Å². The molecule has 44 heavy (non-hydrogen) atoms. The third kappa shape index (κ3) is 5.55. The lowest BCUT2D eigenvalue weighted by molar-refractivity contribution is -0.667. The molecule has 5 aromatic carbocycles. The summed E-state index contributed by atoms with van der Waals surface area (Å²) in [7, 11) is -4.30. The van der Waals surface area contributed by atoms with E-state index in [4.69, 9.17) is 0 Å². The first-order valence-electron chi connectivity index (χ1n) is 14.6. The zero-order valence-electron chi connectivity index (χ0n) is 24.1. The number of aryl methyl sites for hydroxylation is 1. The highest BCUT2D eigenvalue weighted by atomic mass is 32.2. The molecule has 5 nitrogen and oxygen atoms in total. The molecule has 0 bridgehead atoms. The van der Waals surface area contributed by atoms with Crippen LogP contribution >= 0.6 is 23.1 Å². The predicted molar refractivity (Wildman–Crippen MR) is 183 cm³/mol. The second-order valence-corrected chi connectivity index (χ2v) is 14.5. The summed E-state index contributed by atoms with van der Waals surface area (Å²) >= 11 is 3.47. The molecular formula is C36H30N2O3S3. The minimum atomic E-state index is -4.30. The summed E-state index contributed by atoms with van der Waals surface area (Å²) in [6.07, 6.45) is 5.58. The van der Waals surface area contributed by atoms with Gasteiger partial charge >= 0.3 is 0 Å². The van der Waals surface area contributed by atoms with Gasteiger partial charge in [0.05, 0.1) is 26.2 Å². The van der Waals surface area contributed by atoms with Crippen molar-refractivity contribution in [3.63, 3.8) is 0 Å². The standard InChI is InChI=1S/C36H30N2O3S3/c1-2-25(23-33-37(21-10-22-44(39,40)41)35-29-15-8-6-11-26(29)17-19-31(35)42-33)24-34-38(28-13-4-3-5-14-28)36-30-16-9-7-12-27(30)18-20-32(36)43-34/h3-9,11-20,23-24H,2,10,21-22H2,1H3. The van der Waals surface area contributed by atoms with E-state index in [2.05, 4.69) is 113 Å². The second kappa shape index (κ2) is 11.9. The minimum Gasteiger partial charge on any atom is -0.748 e. The van der Waals surface area contributed by atoms with Crippen LogP contribution in [-0.2, 0) is 16.7 Å². The van der Waals surface area contributed by atoms with Gasteiger partial charge in [0.25, 0.3) is 5.01 Å². The molecule has 7 rings (SSSR count). The predicted octanol–water partition coefficient (Wildman–Crippen LogP) is 9.01. The third-order valence-electron chi connectivity index (χ3n) is 7.95. The molecule has 0 spiro atoms. The van der Waals surface area contributed by atoms with E-state index in [0.29, 0.717) is 6.54 Å². The highest BCUT2D eigenvalue weighted by molar-refractivity contribution is 8.03. The van der Waals surface area contributed by atoms with E-state index in [1.54, 1.807) is 23.1 Å². The lowest BCUT2D eigenvalue weighted by atomic mass is 10.1. The van der Waals surface area contributed by atoms with Crippen LogP contribution in [0.1, 0.15) is 24.8 Å². The summed E-state index contributed by atoms with van der Waals surface area (Å²) in [5, 5.41) is 6.83. The highest BCUT2D eigenvalue weighted by Gasteiger charge is 2.29. The molecular weight excluding hydrogens is 605 g/mol. The summed E-state index contributed by atoms with van der Waals surface area (Å²) < 4.78 is 37.7. The Morgan fingerprint density at radius 2 is 1.55 bits per heavy atom. The SMILES string of the molecule is CCC(=Cc1sc2ccc3ccccc3c2[n+]1CCCS(=O)(=O)[O-])C=C1Sc2ccc3ccccc3c2N1c1ccccc1. The van der Waals surface area contributed by atoms with E-state index in [1.807, 2.05) is 18.2 Å². The van der Waals surface area contributed by atoms with Gasteiger partial charge in [-0.15, -0.1) is 0 Å². The number of para-hydroxylation sites is 1. The number of benzene rings is 5. The number of hydrogen-bond donors (Lipinski definition) is 0. The van der Waals surface area contributed by atoms with Gasteiger partial charge in [-0.2, -0.15) is 4.57 Å². The molecule has 0 atom stereocenters. The number of hydrogen-bond acceptors (Lipinski definition) is 6. The van der Waals surface area contributed by atoms with Crippen LogP contribution in [0.4, 0.5) is 11.4 Å². The number of thioether (sulfide) groups is 1. The van der Waals surface area contributed by atoms with Crippen molar-refractivity contribution in [1.82, 2.24) is 0 Å². The molecule has 220 valence electrons. The van der Waals surface area contributed by atoms with Crippen molar-refractivity contribution in [2.24, 2.45) is 0 Å². The first kappa shape index (κ1) is 28.8. The molecule has 0 saturated heterocycles. The minimum absolute atomic E-state index is 0.259. The van der Waals surface area contributed by atoms with Crippen LogP contribution in [0.15, 0.2) is 125 Å². The second-order valence-electron chi connectivity index (χ2n) is 10.8. The van der Waals surface area contributed by atoms with Crippen molar-refractivity contribution in [2.45, 2.75) is 31.2 Å². The summed E-state index contributed by atoms with van der Waals surface area (Å²) in [4.78, 5) is 3.58. The molecule has 0 N–H and O–H groups in total. The topological polar surface area (TPSA) is 64.3 Å². The number of allylic oxidation sites excluding steroid dienone is 2. The smallest absolute Gasteiger partial charge is 0.263 e. The Labute approximate surface area is 265 Å². The quantitative estimate of drug-likeness (QED) is 0.124. The van der Waals surface area contributed by atoms with E-state index in [0.717, 1.165) is 48.7 Å². The van der Waals surface area contributed by atoms with Crippen molar-refractivity contribution >= 4 is 82.4 Å². The molecule has 0 saturated carbocycles. The molecule has 0 amide bonds.